The second-order valence-electron chi connectivity index (χ2n) is 5.54. The maximum Gasteiger partial charge on any atom is 0.272 e. The first kappa shape index (κ1) is 16.0. The van der Waals surface area contributed by atoms with Gasteiger partial charge in [0.25, 0.3) is 5.69 Å². The summed E-state index contributed by atoms with van der Waals surface area (Å²) < 4.78 is 19.4. The molecule has 126 valence electrons. The number of carbonyl (C=O) groups excluding carboxylic acids is 1. The zero-order valence-corrected chi connectivity index (χ0v) is 12.8. The first-order chi connectivity index (χ1) is 11.6. The lowest BCUT2D eigenvalue weighted by Crippen LogP contribution is -2.43. The molecule has 24 heavy (non-hydrogen) atoms. The molecule has 2 aromatic rings. The van der Waals surface area contributed by atoms with E-state index in [1.54, 1.807) is 17.0 Å². The van der Waals surface area contributed by atoms with Crippen molar-refractivity contribution in [1.82, 2.24) is 5.32 Å². The van der Waals surface area contributed by atoms with E-state index in [4.69, 9.17) is 4.42 Å². The SMILES string of the molecule is O=C(NCc1ccco1)C1CCCN1c1ccc([N+](=O)[O-])cc1F. The van der Waals surface area contributed by atoms with Crippen molar-refractivity contribution in [3.8, 4) is 0 Å². The summed E-state index contributed by atoms with van der Waals surface area (Å²) in [7, 11) is 0. The van der Waals surface area contributed by atoms with Crippen LogP contribution in [0.4, 0.5) is 15.8 Å². The van der Waals surface area contributed by atoms with Crippen LogP contribution in [0.3, 0.4) is 0 Å². The number of furan rings is 1. The summed E-state index contributed by atoms with van der Waals surface area (Å²) in [5.41, 5.74) is -0.106. The molecule has 3 rings (SSSR count). The van der Waals surface area contributed by atoms with Gasteiger partial charge in [-0.25, -0.2) is 4.39 Å². The summed E-state index contributed by atoms with van der Waals surface area (Å²) in [4.78, 5) is 24.1. The van der Waals surface area contributed by atoms with Gasteiger partial charge in [-0.3, -0.25) is 14.9 Å². The highest BCUT2D eigenvalue weighted by molar-refractivity contribution is 5.86. The summed E-state index contributed by atoms with van der Waals surface area (Å²) in [6.07, 6.45) is 2.87. The number of anilines is 1. The number of non-ortho nitro benzene ring substituents is 1. The van der Waals surface area contributed by atoms with Gasteiger partial charge < -0.3 is 14.6 Å². The summed E-state index contributed by atoms with van der Waals surface area (Å²) in [6, 6.07) is 6.46. The van der Waals surface area contributed by atoms with Crippen LogP contribution >= 0.6 is 0 Å². The van der Waals surface area contributed by atoms with E-state index in [-0.39, 0.29) is 23.8 Å². The molecule has 1 N–H and O–H groups in total. The molecule has 1 aliphatic heterocycles. The Labute approximate surface area is 137 Å². The Balaban J connectivity index is 1.73. The number of nitro benzene ring substituents is 1. The lowest BCUT2D eigenvalue weighted by molar-refractivity contribution is -0.385. The van der Waals surface area contributed by atoms with E-state index in [0.29, 0.717) is 18.7 Å². The smallest absolute Gasteiger partial charge is 0.272 e. The molecule has 1 unspecified atom stereocenters. The predicted molar refractivity (Wildman–Crippen MR) is 84.0 cm³/mol. The van der Waals surface area contributed by atoms with Crippen molar-refractivity contribution in [3.05, 3.63) is 58.3 Å². The zero-order valence-electron chi connectivity index (χ0n) is 12.8. The molecule has 1 saturated heterocycles. The maximum absolute atomic E-state index is 14.2. The van der Waals surface area contributed by atoms with Gasteiger partial charge in [-0.15, -0.1) is 0 Å². The van der Waals surface area contributed by atoms with Crippen molar-refractivity contribution < 1.29 is 18.5 Å². The van der Waals surface area contributed by atoms with E-state index in [1.165, 1.54) is 18.4 Å². The number of rotatable bonds is 5. The van der Waals surface area contributed by atoms with E-state index < -0.39 is 16.8 Å². The molecule has 7 nitrogen and oxygen atoms in total. The molecule has 0 spiro atoms. The summed E-state index contributed by atoms with van der Waals surface area (Å²) >= 11 is 0. The van der Waals surface area contributed by atoms with Crippen LogP contribution in [0.5, 0.6) is 0 Å². The Kier molecular flexibility index (Phi) is 4.45. The number of amides is 1. The van der Waals surface area contributed by atoms with Crippen LogP contribution in [0.2, 0.25) is 0 Å². The monoisotopic (exact) mass is 333 g/mol. The van der Waals surface area contributed by atoms with Crippen molar-refractivity contribution in [3.63, 3.8) is 0 Å². The minimum absolute atomic E-state index is 0.205. The van der Waals surface area contributed by atoms with Crippen molar-refractivity contribution >= 4 is 17.3 Å². The number of benzene rings is 1. The van der Waals surface area contributed by atoms with Crippen LogP contribution in [0.1, 0.15) is 18.6 Å². The number of nitrogens with one attached hydrogen (secondary N) is 1. The van der Waals surface area contributed by atoms with E-state index in [1.807, 2.05) is 0 Å². The predicted octanol–water partition coefficient (Wildman–Crippen LogP) is 2.61. The standard InChI is InChI=1S/C16H16FN3O4/c17-13-9-11(20(22)23)5-6-14(13)19-7-1-4-15(19)16(21)18-10-12-3-2-8-24-12/h2-3,5-6,8-9,15H,1,4,7,10H2,(H,18,21). The molecule has 1 atom stereocenters. The van der Waals surface area contributed by atoms with Gasteiger partial charge in [-0.2, -0.15) is 0 Å². The van der Waals surface area contributed by atoms with Crippen molar-refractivity contribution in [2.45, 2.75) is 25.4 Å². The van der Waals surface area contributed by atoms with Crippen molar-refractivity contribution in [2.24, 2.45) is 0 Å². The Morgan fingerprint density at radius 1 is 1.46 bits per heavy atom. The van der Waals surface area contributed by atoms with Crippen molar-refractivity contribution in [2.75, 3.05) is 11.4 Å². The molecule has 1 aromatic carbocycles. The molecule has 1 aromatic heterocycles. The van der Waals surface area contributed by atoms with Gasteiger partial charge in [0.1, 0.15) is 11.8 Å². The van der Waals surface area contributed by atoms with E-state index in [2.05, 4.69) is 5.32 Å². The largest absolute Gasteiger partial charge is 0.467 e. The topological polar surface area (TPSA) is 88.6 Å². The summed E-state index contributed by atoms with van der Waals surface area (Å²) in [5, 5.41) is 13.5. The number of halogens is 1. The average Bonchev–Trinajstić information content (AvgIpc) is 3.24. The number of hydrogen-bond donors (Lipinski definition) is 1. The van der Waals surface area contributed by atoms with Gasteiger partial charge in [-0.05, 0) is 31.0 Å². The first-order valence-corrected chi connectivity index (χ1v) is 7.57. The lowest BCUT2D eigenvalue weighted by atomic mass is 10.2. The van der Waals surface area contributed by atoms with Crippen molar-refractivity contribution in [1.29, 1.82) is 0 Å². The van der Waals surface area contributed by atoms with Gasteiger partial charge in [0.15, 0.2) is 5.82 Å². The third-order valence-electron chi connectivity index (χ3n) is 4.02. The van der Waals surface area contributed by atoms with E-state index in [0.717, 1.165) is 12.5 Å². The van der Waals surface area contributed by atoms with Crippen LogP contribution in [0, 0.1) is 15.9 Å². The second-order valence-corrected chi connectivity index (χ2v) is 5.54. The number of hydrogen-bond acceptors (Lipinski definition) is 5. The summed E-state index contributed by atoms with van der Waals surface area (Å²) in [6.45, 7) is 0.784. The maximum atomic E-state index is 14.2. The highest BCUT2D eigenvalue weighted by Gasteiger charge is 2.32. The molecule has 2 heterocycles. The van der Waals surface area contributed by atoms with Gasteiger partial charge in [0, 0.05) is 12.6 Å². The minimum Gasteiger partial charge on any atom is -0.467 e. The molecule has 1 aliphatic rings. The molecule has 8 heteroatoms. The molecular formula is C16H16FN3O4. The lowest BCUT2D eigenvalue weighted by Gasteiger charge is -2.26. The van der Waals surface area contributed by atoms with Crippen LogP contribution < -0.4 is 10.2 Å². The molecule has 0 bridgehead atoms. The zero-order chi connectivity index (χ0) is 17.1. The molecular weight excluding hydrogens is 317 g/mol. The van der Waals surface area contributed by atoms with Gasteiger partial charge in [0.2, 0.25) is 5.91 Å². The fourth-order valence-corrected chi connectivity index (χ4v) is 2.88. The Bertz CT molecular complexity index is 748. The molecule has 1 fully saturated rings. The normalized spacial score (nSPS) is 17.0. The molecule has 1 amide bonds. The van der Waals surface area contributed by atoms with Gasteiger partial charge in [-0.1, -0.05) is 0 Å². The molecule has 0 saturated carbocycles. The fourth-order valence-electron chi connectivity index (χ4n) is 2.88. The van der Waals surface area contributed by atoms with Crippen LogP contribution in [-0.4, -0.2) is 23.4 Å². The number of carbonyl (C=O) groups is 1. The van der Waals surface area contributed by atoms with E-state index >= 15 is 0 Å². The van der Waals surface area contributed by atoms with Gasteiger partial charge in [0.05, 0.1) is 29.5 Å². The Morgan fingerprint density at radius 3 is 2.96 bits per heavy atom. The van der Waals surface area contributed by atoms with Crippen LogP contribution in [-0.2, 0) is 11.3 Å². The number of nitro groups is 1. The molecule has 0 aliphatic carbocycles. The van der Waals surface area contributed by atoms with E-state index in [9.17, 15) is 19.3 Å². The third-order valence-corrected chi connectivity index (χ3v) is 4.02. The highest BCUT2D eigenvalue weighted by Crippen LogP contribution is 2.30. The van der Waals surface area contributed by atoms with Crippen LogP contribution in [0.25, 0.3) is 0 Å². The third kappa shape index (κ3) is 3.22. The number of nitrogens with zero attached hydrogens (tertiary/aromatic N) is 2. The summed E-state index contributed by atoms with van der Waals surface area (Å²) in [5.74, 6) is -0.286. The molecule has 0 radical (unpaired) electrons. The Morgan fingerprint density at radius 2 is 2.29 bits per heavy atom. The fraction of sp³-hybridized carbons (Fsp3) is 0.312. The highest BCUT2D eigenvalue weighted by atomic mass is 19.1. The minimum atomic E-state index is -0.699. The average molecular weight is 333 g/mol. The first-order valence-electron chi connectivity index (χ1n) is 7.57. The quantitative estimate of drug-likeness (QED) is 0.671. The van der Waals surface area contributed by atoms with Crippen LogP contribution in [0.15, 0.2) is 41.0 Å². The Hall–Kier alpha value is -2.90. The van der Waals surface area contributed by atoms with Gasteiger partial charge >= 0.3 is 0 Å². The second kappa shape index (κ2) is 6.69.